The molecule has 0 aromatic carbocycles. The lowest BCUT2D eigenvalue weighted by Gasteiger charge is -2.50. The van der Waals surface area contributed by atoms with E-state index in [9.17, 15) is 10.2 Å². The molecule has 3 fully saturated rings. The Morgan fingerprint density at radius 2 is 1.46 bits per heavy atom. The van der Waals surface area contributed by atoms with Gasteiger partial charge in [0.1, 0.15) is 0 Å². The van der Waals surface area contributed by atoms with Gasteiger partial charge in [-0.05, 0) is 50.4 Å². The van der Waals surface area contributed by atoms with Crippen LogP contribution in [-0.4, -0.2) is 21.4 Å². The first-order valence-electron chi connectivity index (χ1n) is 5.58. The van der Waals surface area contributed by atoms with Crippen molar-refractivity contribution in [3.8, 4) is 0 Å². The molecule has 0 aromatic heterocycles. The standard InChI is InChI=1S/C11H18O2/c12-10-4-1-2-8(6-10)9-3-5-11(10,13)7-9/h8-9,12-13H,1-7H2. The average molecular weight is 182 g/mol. The maximum Gasteiger partial charge on any atom is 0.0936 e. The van der Waals surface area contributed by atoms with E-state index in [1.54, 1.807) is 0 Å². The van der Waals surface area contributed by atoms with Crippen LogP contribution in [0.2, 0.25) is 0 Å². The fourth-order valence-electron chi connectivity index (χ4n) is 4.01. The third-order valence-corrected chi connectivity index (χ3v) is 4.83. The van der Waals surface area contributed by atoms with Gasteiger partial charge in [-0.15, -0.1) is 0 Å². The summed E-state index contributed by atoms with van der Waals surface area (Å²) in [6, 6.07) is 0. The zero-order valence-corrected chi connectivity index (χ0v) is 8.00. The van der Waals surface area contributed by atoms with Gasteiger partial charge < -0.3 is 10.2 Å². The van der Waals surface area contributed by atoms with Crippen LogP contribution in [0.1, 0.15) is 44.9 Å². The summed E-state index contributed by atoms with van der Waals surface area (Å²) in [6.07, 6.45) is 6.94. The van der Waals surface area contributed by atoms with Gasteiger partial charge in [-0.25, -0.2) is 0 Å². The molecule has 4 bridgehead atoms. The smallest absolute Gasteiger partial charge is 0.0936 e. The first kappa shape index (κ1) is 8.25. The van der Waals surface area contributed by atoms with Crippen molar-refractivity contribution >= 4 is 0 Å². The molecule has 0 radical (unpaired) electrons. The van der Waals surface area contributed by atoms with Crippen molar-refractivity contribution in [3.05, 3.63) is 0 Å². The van der Waals surface area contributed by atoms with Crippen molar-refractivity contribution < 1.29 is 10.2 Å². The fourth-order valence-corrected chi connectivity index (χ4v) is 4.01. The fraction of sp³-hybridized carbons (Fsp3) is 1.00. The summed E-state index contributed by atoms with van der Waals surface area (Å²) < 4.78 is 0. The lowest BCUT2D eigenvalue weighted by atomic mass is 9.61. The molecule has 3 aliphatic carbocycles. The molecule has 3 aliphatic rings. The summed E-state index contributed by atoms with van der Waals surface area (Å²) in [6.45, 7) is 0. The van der Waals surface area contributed by atoms with Crippen LogP contribution in [0.5, 0.6) is 0 Å². The Balaban J connectivity index is 2.01. The Morgan fingerprint density at radius 3 is 2.23 bits per heavy atom. The van der Waals surface area contributed by atoms with Gasteiger partial charge in [0, 0.05) is 0 Å². The van der Waals surface area contributed by atoms with Gasteiger partial charge in [0.25, 0.3) is 0 Å². The van der Waals surface area contributed by atoms with Gasteiger partial charge >= 0.3 is 0 Å². The number of hydrogen-bond acceptors (Lipinski definition) is 2. The van der Waals surface area contributed by atoms with Crippen molar-refractivity contribution in [3.63, 3.8) is 0 Å². The first-order chi connectivity index (χ1) is 6.13. The predicted molar refractivity (Wildman–Crippen MR) is 49.2 cm³/mol. The minimum absolute atomic E-state index is 0.710. The molecule has 2 nitrogen and oxygen atoms in total. The second-order valence-corrected chi connectivity index (χ2v) is 5.42. The van der Waals surface area contributed by atoms with E-state index in [1.165, 1.54) is 6.42 Å². The molecule has 0 aromatic rings. The Hall–Kier alpha value is -0.0800. The Labute approximate surface area is 79.0 Å². The summed E-state index contributed by atoms with van der Waals surface area (Å²) in [5, 5.41) is 20.7. The van der Waals surface area contributed by atoms with Crippen molar-refractivity contribution in [2.24, 2.45) is 11.8 Å². The zero-order chi connectivity index (χ0) is 9.10. The van der Waals surface area contributed by atoms with Gasteiger partial charge in [0.2, 0.25) is 0 Å². The Bertz CT molecular complexity index is 240. The van der Waals surface area contributed by atoms with E-state index in [-0.39, 0.29) is 0 Å². The van der Waals surface area contributed by atoms with Gasteiger partial charge in [-0.2, -0.15) is 0 Å². The van der Waals surface area contributed by atoms with Gasteiger partial charge in [0.15, 0.2) is 0 Å². The van der Waals surface area contributed by atoms with Crippen LogP contribution < -0.4 is 0 Å². The highest BCUT2D eigenvalue weighted by molar-refractivity contribution is 5.12. The molecular weight excluding hydrogens is 164 g/mol. The van der Waals surface area contributed by atoms with Crippen molar-refractivity contribution in [2.45, 2.75) is 56.1 Å². The summed E-state index contributed by atoms with van der Waals surface area (Å²) in [7, 11) is 0. The molecule has 0 amide bonds. The topological polar surface area (TPSA) is 40.5 Å². The number of aliphatic hydroxyl groups is 2. The maximum atomic E-state index is 10.4. The van der Waals surface area contributed by atoms with Crippen LogP contribution in [-0.2, 0) is 0 Å². The van der Waals surface area contributed by atoms with E-state index < -0.39 is 11.2 Å². The minimum atomic E-state index is -0.719. The highest BCUT2D eigenvalue weighted by atomic mass is 16.4. The molecule has 3 rings (SSSR count). The Kier molecular flexibility index (Phi) is 1.45. The van der Waals surface area contributed by atoms with Crippen LogP contribution in [0.3, 0.4) is 0 Å². The molecule has 4 atom stereocenters. The SMILES string of the molecule is OC12CCCC(C1)C1CCC2(O)C1. The molecular formula is C11H18O2. The van der Waals surface area contributed by atoms with Crippen molar-refractivity contribution in [1.82, 2.24) is 0 Å². The van der Waals surface area contributed by atoms with E-state index in [1.807, 2.05) is 0 Å². The first-order valence-corrected chi connectivity index (χ1v) is 5.58. The minimum Gasteiger partial charge on any atom is -0.387 e. The quantitative estimate of drug-likeness (QED) is 0.595. The summed E-state index contributed by atoms with van der Waals surface area (Å²) in [5.74, 6) is 1.42. The highest BCUT2D eigenvalue weighted by Gasteiger charge is 2.60. The molecule has 3 saturated carbocycles. The summed E-state index contributed by atoms with van der Waals surface area (Å²) in [4.78, 5) is 0. The zero-order valence-electron chi connectivity index (χ0n) is 8.00. The average Bonchev–Trinajstić information content (AvgIpc) is 2.46. The van der Waals surface area contributed by atoms with Gasteiger partial charge in [-0.1, -0.05) is 6.42 Å². The number of fused-ring (bicyclic) bond motifs is 6. The molecule has 74 valence electrons. The molecule has 2 heteroatoms. The largest absolute Gasteiger partial charge is 0.387 e. The summed E-state index contributed by atoms with van der Waals surface area (Å²) in [5.41, 5.74) is -1.43. The van der Waals surface area contributed by atoms with Crippen molar-refractivity contribution in [1.29, 1.82) is 0 Å². The van der Waals surface area contributed by atoms with E-state index >= 15 is 0 Å². The molecule has 2 N–H and O–H groups in total. The third-order valence-electron chi connectivity index (χ3n) is 4.83. The monoisotopic (exact) mass is 182 g/mol. The van der Waals surface area contributed by atoms with E-state index in [0.29, 0.717) is 11.8 Å². The molecule has 0 spiro atoms. The van der Waals surface area contributed by atoms with Crippen LogP contribution in [0.4, 0.5) is 0 Å². The van der Waals surface area contributed by atoms with Crippen LogP contribution >= 0.6 is 0 Å². The summed E-state index contributed by atoms with van der Waals surface area (Å²) >= 11 is 0. The van der Waals surface area contributed by atoms with E-state index in [0.717, 1.165) is 38.5 Å². The van der Waals surface area contributed by atoms with Crippen LogP contribution in [0, 0.1) is 11.8 Å². The number of rotatable bonds is 0. The molecule has 0 aliphatic heterocycles. The predicted octanol–water partition coefficient (Wildman–Crippen LogP) is 1.45. The molecule has 0 saturated heterocycles. The number of hydrogen-bond donors (Lipinski definition) is 2. The second-order valence-electron chi connectivity index (χ2n) is 5.42. The van der Waals surface area contributed by atoms with Crippen molar-refractivity contribution in [2.75, 3.05) is 0 Å². The highest BCUT2D eigenvalue weighted by Crippen LogP contribution is 2.58. The molecule has 0 heterocycles. The van der Waals surface area contributed by atoms with Crippen LogP contribution in [0.15, 0.2) is 0 Å². The van der Waals surface area contributed by atoms with E-state index in [4.69, 9.17) is 0 Å². The molecule has 4 unspecified atom stereocenters. The van der Waals surface area contributed by atoms with Crippen LogP contribution in [0.25, 0.3) is 0 Å². The Morgan fingerprint density at radius 1 is 0.846 bits per heavy atom. The second kappa shape index (κ2) is 2.29. The van der Waals surface area contributed by atoms with E-state index in [2.05, 4.69) is 0 Å². The van der Waals surface area contributed by atoms with Gasteiger partial charge in [0.05, 0.1) is 11.2 Å². The lowest BCUT2D eigenvalue weighted by molar-refractivity contribution is -0.193. The third kappa shape index (κ3) is 0.909. The van der Waals surface area contributed by atoms with Gasteiger partial charge in [-0.3, -0.25) is 0 Å². The normalized spacial score (nSPS) is 59.5. The molecule has 13 heavy (non-hydrogen) atoms. The maximum absolute atomic E-state index is 10.4. The lowest BCUT2D eigenvalue weighted by Crippen LogP contribution is -2.58.